The molecule has 47 heavy (non-hydrogen) atoms. The van der Waals surface area contributed by atoms with E-state index < -0.39 is 28.0 Å². The van der Waals surface area contributed by atoms with Crippen LogP contribution in [0.5, 0.6) is 0 Å². The summed E-state index contributed by atoms with van der Waals surface area (Å²) in [5.74, 6) is -1.06. The van der Waals surface area contributed by atoms with E-state index in [1.54, 1.807) is 6.08 Å². The average Bonchev–Trinajstić information content (AvgIpc) is 3.03. The van der Waals surface area contributed by atoms with Crippen LogP contribution in [-0.4, -0.2) is 41.9 Å². The second-order valence-electron chi connectivity index (χ2n) is 12.5. The van der Waals surface area contributed by atoms with Gasteiger partial charge in [-0.1, -0.05) is 151 Å². The van der Waals surface area contributed by atoms with Crippen molar-refractivity contribution in [1.29, 1.82) is 0 Å². The molecule has 0 aliphatic heterocycles. The van der Waals surface area contributed by atoms with Crippen LogP contribution in [0.2, 0.25) is 0 Å². The molecule has 0 aromatic rings. The van der Waals surface area contributed by atoms with Crippen molar-refractivity contribution in [2.24, 2.45) is 0 Å². The van der Waals surface area contributed by atoms with E-state index in [9.17, 15) is 22.9 Å². The van der Waals surface area contributed by atoms with Crippen LogP contribution >= 0.6 is 0 Å². The molecular formula is C40H69NO5S. The van der Waals surface area contributed by atoms with E-state index >= 15 is 0 Å². The predicted molar refractivity (Wildman–Crippen MR) is 202 cm³/mol. The number of carbonyl (C=O) groups is 1. The highest BCUT2D eigenvalue weighted by atomic mass is 32.2. The second kappa shape index (κ2) is 33.7. The maximum Gasteiger partial charge on any atom is 0.267 e. The molecule has 2 atom stereocenters. The van der Waals surface area contributed by atoms with Crippen molar-refractivity contribution >= 4 is 16.0 Å². The minimum Gasteiger partial charge on any atom is -0.387 e. The number of aliphatic hydroxyl groups excluding tert-OH is 1. The number of carbonyl (C=O) groups excluding carboxylic acids is 1. The molecule has 0 aliphatic rings. The zero-order valence-electron chi connectivity index (χ0n) is 29.9. The van der Waals surface area contributed by atoms with Gasteiger partial charge in [0.2, 0.25) is 5.91 Å². The summed E-state index contributed by atoms with van der Waals surface area (Å²) in [4.78, 5) is 12.4. The van der Waals surface area contributed by atoms with Gasteiger partial charge in [-0.05, 0) is 70.6 Å². The molecule has 0 saturated carbocycles. The highest BCUT2D eigenvalue weighted by Gasteiger charge is 2.24. The molecule has 0 heterocycles. The van der Waals surface area contributed by atoms with E-state index in [1.807, 2.05) is 0 Å². The maximum atomic E-state index is 12.4. The van der Waals surface area contributed by atoms with Crippen molar-refractivity contribution in [2.45, 2.75) is 167 Å². The van der Waals surface area contributed by atoms with Gasteiger partial charge >= 0.3 is 0 Å². The van der Waals surface area contributed by atoms with Crippen LogP contribution in [0.15, 0.2) is 72.9 Å². The fraction of sp³-hybridized carbons (Fsp3) is 0.675. The first kappa shape index (κ1) is 44.8. The number of hydrogen-bond acceptors (Lipinski definition) is 4. The minimum atomic E-state index is -4.37. The Hall–Kier alpha value is -2.22. The number of aliphatic hydroxyl groups is 1. The van der Waals surface area contributed by atoms with Gasteiger partial charge in [-0.2, -0.15) is 8.42 Å². The SMILES string of the molecule is CC/C=C\C/C=C\C/C=C\C/C=C\CCCCC(=O)NC(CS(=O)(=O)O)C(O)/C=C/CC/C=C/CCCCCCCCCCCCC. The number of nitrogens with one attached hydrogen (secondary N) is 1. The summed E-state index contributed by atoms with van der Waals surface area (Å²) >= 11 is 0. The zero-order valence-corrected chi connectivity index (χ0v) is 30.7. The molecule has 0 spiro atoms. The Labute approximate surface area is 289 Å². The average molecular weight is 676 g/mol. The Morgan fingerprint density at radius 2 is 1.04 bits per heavy atom. The van der Waals surface area contributed by atoms with Crippen LogP contribution < -0.4 is 5.32 Å². The molecule has 0 saturated heterocycles. The van der Waals surface area contributed by atoms with Gasteiger partial charge < -0.3 is 10.4 Å². The van der Waals surface area contributed by atoms with Crippen molar-refractivity contribution in [3.63, 3.8) is 0 Å². The lowest BCUT2D eigenvalue weighted by Crippen LogP contribution is -2.46. The van der Waals surface area contributed by atoms with Crippen molar-refractivity contribution < 1.29 is 22.9 Å². The summed E-state index contributed by atoms with van der Waals surface area (Å²) in [5.41, 5.74) is 0. The molecule has 0 fully saturated rings. The Bertz CT molecular complexity index is 1010. The first-order chi connectivity index (χ1) is 22.8. The van der Waals surface area contributed by atoms with E-state index in [4.69, 9.17) is 0 Å². The molecule has 3 N–H and O–H groups in total. The summed E-state index contributed by atoms with van der Waals surface area (Å²) in [6, 6.07) is -1.10. The fourth-order valence-corrected chi connectivity index (χ4v) is 5.84. The van der Waals surface area contributed by atoms with E-state index in [1.165, 1.54) is 76.7 Å². The Morgan fingerprint density at radius 1 is 0.596 bits per heavy atom. The third kappa shape index (κ3) is 34.9. The van der Waals surface area contributed by atoms with Crippen molar-refractivity contribution in [1.82, 2.24) is 5.32 Å². The first-order valence-corrected chi connectivity index (χ1v) is 20.2. The van der Waals surface area contributed by atoms with Crippen LogP contribution in [0, 0.1) is 0 Å². The quantitative estimate of drug-likeness (QED) is 0.0374. The summed E-state index contributed by atoms with van der Waals surface area (Å²) in [6.07, 6.45) is 47.4. The standard InChI is InChI=1S/C40H69NO5S/c1-3-5-7-9-11-13-15-17-19-20-22-23-25-27-29-31-33-35-39(42)38(37-47(44,45)46)41-40(43)36-34-32-30-28-26-24-21-18-16-14-12-10-8-6-4-2/h6,8,12,14,18,21,25-28,33,35,38-39,42H,3-5,7,9-11,13,15-17,19-20,22-24,29-32,34,36-37H2,1-2H3,(H,41,43)(H,44,45,46)/b8-6-,14-12-,21-18-,27-25+,28-26-,35-33+. The van der Waals surface area contributed by atoms with Crippen LogP contribution in [0.1, 0.15) is 155 Å². The molecule has 2 unspecified atom stereocenters. The van der Waals surface area contributed by atoms with E-state index in [-0.39, 0.29) is 12.3 Å². The summed E-state index contributed by atoms with van der Waals surface area (Å²) in [7, 11) is -4.37. The lowest BCUT2D eigenvalue weighted by atomic mass is 10.1. The van der Waals surface area contributed by atoms with Crippen molar-refractivity contribution in [2.75, 3.05) is 5.75 Å². The lowest BCUT2D eigenvalue weighted by Gasteiger charge is -2.21. The van der Waals surface area contributed by atoms with Gasteiger partial charge in [0, 0.05) is 6.42 Å². The number of amides is 1. The number of rotatable bonds is 32. The normalized spacial score (nSPS) is 14.2. The minimum absolute atomic E-state index is 0.232. The smallest absolute Gasteiger partial charge is 0.267 e. The zero-order chi connectivity index (χ0) is 34.7. The molecule has 0 aromatic carbocycles. The van der Waals surface area contributed by atoms with Gasteiger partial charge in [0.25, 0.3) is 10.1 Å². The Balaban J connectivity index is 4.13. The molecule has 0 aliphatic carbocycles. The van der Waals surface area contributed by atoms with Gasteiger partial charge in [-0.3, -0.25) is 9.35 Å². The number of unbranched alkanes of at least 4 members (excludes halogenated alkanes) is 14. The van der Waals surface area contributed by atoms with Gasteiger partial charge in [0.15, 0.2) is 0 Å². The largest absolute Gasteiger partial charge is 0.387 e. The van der Waals surface area contributed by atoms with Gasteiger partial charge in [-0.25, -0.2) is 0 Å². The topological polar surface area (TPSA) is 104 Å². The highest BCUT2D eigenvalue weighted by Crippen LogP contribution is 2.12. The molecule has 270 valence electrons. The van der Waals surface area contributed by atoms with Crippen molar-refractivity contribution in [3.05, 3.63) is 72.9 Å². The summed E-state index contributed by atoms with van der Waals surface area (Å²) in [6.45, 7) is 4.39. The van der Waals surface area contributed by atoms with Gasteiger partial charge in [-0.15, -0.1) is 0 Å². The maximum absolute atomic E-state index is 12.4. The molecule has 6 nitrogen and oxygen atoms in total. The molecule has 7 heteroatoms. The van der Waals surface area contributed by atoms with Crippen LogP contribution in [0.3, 0.4) is 0 Å². The summed E-state index contributed by atoms with van der Waals surface area (Å²) in [5, 5.41) is 13.1. The number of allylic oxidation sites excluding steroid dienone is 11. The van der Waals surface area contributed by atoms with E-state index in [0.717, 1.165) is 51.4 Å². The molecule has 0 rings (SSSR count). The molecule has 0 bridgehead atoms. The van der Waals surface area contributed by atoms with E-state index in [0.29, 0.717) is 12.8 Å². The highest BCUT2D eigenvalue weighted by molar-refractivity contribution is 7.85. The summed E-state index contributed by atoms with van der Waals surface area (Å²) < 4.78 is 32.4. The van der Waals surface area contributed by atoms with Crippen LogP contribution in [0.4, 0.5) is 0 Å². The lowest BCUT2D eigenvalue weighted by molar-refractivity contribution is -0.122. The third-order valence-corrected chi connectivity index (χ3v) is 8.65. The Morgan fingerprint density at radius 3 is 1.60 bits per heavy atom. The Kier molecular flexibility index (Phi) is 32.1. The fourth-order valence-electron chi connectivity index (χ4n) is 5.10. The molecule has 0 radical (unpaired) electrons. The molecule has 1 amide bonds. The molecule has 0 aromatic heterocycles. The third-order valence-electron chi connectivity index (χ3n) is 7.87. The predicted octanol–water partition coefficient (Wildman–Crippen LogP) is 10.7. The van der Waals surface area contributed by atoms with Gasteiger partial charge in [0.05, 0.1) is 17.9 Å². The number of hydrogen-bond donors (Lipinski definition) is 3. The van der Waals surface area contributed by atoms with Gasteiger partial charge in [0.1, 0.15) is 0 Å². The van der Waals surface area contributed by atoms with Crippen LogP contribution in [0.25, 0.3) is 0 Å². The molecular weight excluding hydrogens is 607 g/mol. The second-order valence-corrected chi connectivity index (χ2v) is 14.0. The monoisotopic (exact) mass is 675 g/mol. The van der Waals surface area contributed by atoms with Crippen molar-refractivity contribution in [3.8, 4) is 0 Å². The first-order valence-electron chi connectivity index (χ1n) is 18.6. The van der Waals surface area contributed by atoms with E-state index in [2.05, 4.69) is 79.9 Å². The van der Waals surface area contributed by atoms with Crippen LogP contribution in [-0.2, 0) is 14.9 Å².